The van der Waals surface area contributed by atoms with Gasteiger partial charge in [0.15, 0.2) is 0 Å². The summed E-state index contributed by atoms with van der Waals surface area (Å²) < 4.78 is 10.3. The van der Waals surface area contributed by atoms with Gasteiger partial charge in [-0.3, -0.25) is 0 Å². The Morgan fingerprint density at radius 2 is 1.42 bits per heavy atom. The van der Waals surface area contributed by atoms with Crippen LogP contribution in [0.3, 0.4) is 0 Å². The summed E-state index contributed by atoms with van der Waals surface area (Å²) in [6.07, 6.45) is 3.69. The summed E-state index contributed by atoms with van der Waals surface area (Å²) in [4.78, 5) is 9.44. The van der Waals surface area contributed by atoms with Crippen LogP contribution < -0.4 is 9.47 Å². The third-order valence-electron chi connectivity index (χ3n) is 2.74. The first kappa shape index (κ1) is 29.3. The van der Waals surface area contributed by atoms with E-state index in [9.17, 15) is 4.79 Å². The first-order chi connectivity index (χ1) is 12.0. The van der Waals surface area contributed by atoms with E-state index < -0.39 is 0 Å². The molecule has 26 heavy (non-hydrogen) atoms. The largest absolute Gasteiger partial charge is 0.497 e. The number of hydrogen-bond donors (Lipinski definition) is 0. The van der Waals surface area contributed by atoms with Crippen LogP contribution in [-0.2, 0) is 11.2 Å². The van der Waals surface area contributed by atoms with E-state index in [1.165, 1.54) is 32.3 Å². The molecule has 154 valence electrons. The highest BCUT2D eigenvalue weighted by atomic mass is 16.5. The Bertz CT molecular complexity index is 430. The van der Waals surface area contributed by atoms with Crippen molar-refractivity contribution in [3.8, 4) is 11.5 Å². The second-order valence-electron chi connectivity index (χ2n) is 7.35. The van der Waals surface area contributed by atoms with Gasteiger partial charge < -0.3 is 14.3 Å². The van der Waals surface area contributed by atoms with Crippen molar-refractivity contribution in [2.24, 2.45) is 11.8 Å². The van der Waals surface area contributed by atoms with Gasteiger partial charge in [-0.25, -0.2) is 0 Å². The molecule has 0 spiro atoms. The second kappa shape index (κ2) is 19.8. The Morgan fingerprint density at radius 1 is 0.962 bits per heavy atom. The second-order valence-corrected chi connectivity index (χ2v) is 7.35. The number of aryl methyl sites for hydroxylation is 1. The average molecular weight is 369 g/mol. The third-order valence-corrected chi connectivity index (χ3v) is 2.74. The molecule has 0 fully saturated rings. The maximum absolute atomic E-state index is 9.44. The highest BCUT2D eigenvalue weighted by molar-refractivity contribution is 5.72. The standard InChI is InChI=1S/C10H14O2.C6H14.C4H10.C3H6O/c1-4-8-5-6-9(11-2)7-10(8)12-3;1-4-5-6(2)3;1-4(2)3;1-3(2)4/h5-7H,4H2,1-3H3;6H,4-5H2,1-3H3;4H,1-3H3;1-2H3. The molecule has 0 aromatic heterocycles. The summed E-state index contributed by atoms with van der Waals surface area (Å²) in [5.41, 5.74) is 1.21. The van der Waals surface area contributed by atoms with Crippen LogP contribution in [0.1, 0.15) is 80.7 Å². The van der Waals surface area contributed by atoms with Crippen LogP contribution in [0.15, 0.2) is 18.2 Å². The Morgan fingerprint density at radius 3 is 1.65 bits per heavy atom. The number of rotatable bonds is 5. The summed E-state index contributed by atoms with van der Waals surface area (Å²) in [6.45, 7) is 18.4. The number of carbonyl (C=O) groups excluding carboxylic acids is 1. The molecule has 0 aliphatic carbocycles. The van der Waals surface area contributed by atoms with E-state index in [-0.39, 0.29) is 5.78 Å². The van der Waals surface area contributed by atoms with Crippen molar-refractivity contribution in [1.29, 1.82) is 0 Å². The molecule has 3 heteroatoms. The SMILES string of the molecule is CC(C)=O.CC(C)C.CCCC(C)C.CCc1ccc(OC)cc1OC. The van der Waals surface area contributed by atoms with Crippen LogP contribution in [0, 0.1) is 11.8 Å². The van der Waals surface area contributed by atoms with Gasteiger partial charge in [-0.2, -0.15) is 0 Å². The Hall–Kier alpha value is -1.51. The van der Waals surface area contributed by atoms with Crippen molar-refractivity contribution >= 4 is 5.78 Å². The minimum absolute atomic E-state index is 0.167. The molecule has 1 aromatic carbocycles. The molecule has 1 rings (SSSR count). The van der Waals surface area contributed by atoms with Crippen LogP contribution in [0.4, 0.5) is 0 Å². The van der Waals surface area contributed by atoms with Crippen LogP contribution in [0.25, 0.3) is 0 Å². The predicted octanol–water partition coefficient (Wildman–Crippen LogP) is 6.97. The van der Waals surface area contributed by atoms with Gasteiger partial charge in [0.25, 0.3) is 0 Å². The molecule has 0 bridgehead atoms. The summed E-state index contributed by atoms with van der Waals surface area (Å²) >= 11 is 0. The summed E-state index contributed by atoms with van der Waals surface area (Å²) in [5, 5.41) is 0. The van der Waals surface area contributed by atoms with Gasteiger partial charge in [-0.15, -0.1) is 0 Å². The molecule has 0 amide bonds. The number of methoxy groups -OCH3 is 2. The molecule has 0 aliphatic heterocycles. The fourth-order valence-corrected chi connectivity index (χ4v) is 1.72. The fourth-order valence-electron chi connectivity index (χ4n) is 1.72. The molecule has 0 saturated heterocycles. The van der Waals surface area contributed by atoms with Gasteiger partial charge in [-0.1, -0.05) is 67.4 Å². The zero-order valence-corrected chi connectivity index (χ0v) is 19.2. The number of ether oxygens (including phenoxy) is 2. The maximum atomic E-state index is 9.44. The van der Waals surface area contributed by atoms with E-state index >= 15 is 0 Å². The van der Waals surface area contributed by atoms with E-state index in [1.54, 1.807) is 14.2 Å². The zero-order valence-electron chi connectivity index (χ0n) is 19.2. The number of benzene rings is 1. The smallest absolute Gasteiger partial charge is 0.126 e. The lowest BCUT2D eigenvalue weighted by molar-refractivity contribution is -0.114. The topological polar surface area (TPSA) is 35.5 Å². The molecule has 0 heterocycles. The molecular weight excluding hydrogens is 324 g/mol. The van der Waals surface area contributed by atoms with Gasteiger partial charge in [0, 0.05) is 6.07 Å². The summed E-state index contributed by atoms with van der Waals surface area (Å²) in [7, 11) is 3.33. The number of carbonyl (C=O) groups is 1. The normalized spacial score (nSPS) is 9.12. The van der Waals surface area contributed by atoms with Crippen molar-refractivity contribution in [2.75, 3.05) is 14.2 Å². The van der Waals surface area contributed by atoms with Crippen LogP contribution >= 0.6 is 0 Å². The number of hydrogen-bond acceptors (Lipinski definition) is 3. The Labute approximate surface area is 163 Å². The van der Waals surface area contributed by atoms with Crippen molar-refractivity contribution in [1.82, 2.24) is 0 Å². The predicted molar refractivity (Wildman–Crippen MR) is 116 cm³/mol. The minimum atomic E-state index is 0.167. The van der Waals surface area contributed by atoms with E-state index in [0.29, 0.717) is 0 Å². The maximum Gasteiger partial charge on any atom is 0.126 e. The van der Waals surface area contributed by atoms with Crippen LogP contribution in [-0.4, -0.2) is 20.0 Å². The van der Waals surface area contributed by atoms with Crippen molar-refractivity contribution in [3.63, 3.8) is 0 Å². The summed E-state index contributed by atoms with van der Waals surface area (Å²) in [5.74, 6) is 3.64. The number of ketones is 1. The first-order valence-corrected chi connectivity index (χ1v) is 9.73. The monoisotopic (exact) mass is 368 g/mol. The highest BCUT2D eigenvalue weighted by Gasteiger charge is 2.01. The van der Waals surface area contributed by atoms with Crippen molar-refractivity contribution in [2.45, 2.75) is 81.6 Å². The lowest BCUT2D eigenvalue weighted by Crippen LogP contribution is -1.91. The van der Waals surface area contributed by atoms with Crippen LogP contribution in [0.5, 0.6) is 11.5 Å². The molecule has 0 aliphatic rings. The van der Waals surface area contributed by atoms with Gasteiger partial charge in [-0.05, 0) is 43.7 Å². The molecule has 0 saturated carbocycles. The molecular formula is C23H44O3. The van der Waals surface area contributed by atoms with Crippen molar-refractivity contribution < 1.29 is 14.3 Å². The average Bonchev–Trinajstić information content (AvgIpc) is 2.53. The number of Topliss-reactive ketones (excluding diaryl/α,β-unsaturated/α-hetero) is 1. The zero-order chi connectivity index (χ0) is 21.1. The molecule has 0 radical (unpaired) electrons. The van der Waals surface area contributed by atoms with Gasteiger partial charge in [0.05, 0.1) is 14.2 Å². The van der Waals surface area contributed by atoms with Gasteiger partial charge >= 0.3 is 0 Å². The first-order valence-electron chi connectivity index (χ1n) is 9.73. The lowest BCUT2D eigenvalue weighted by Gasteiger charge is -2.07. The molecule has 0 atom stereocenters. The quantitative estimate of drug-likeness (QED) is 0.563. The molecule has 0 N–H and O–H groups in total. The van der Waals surface area contributed by atoms with E-state index in [4.69, 9.17) is 9.47 Å². The van der Waals surface area contributed by atoms with Gasteiger partial charge in [0.1, 0.15) is 17.3 Å². The fraction of sp³-hybridized carbons (Fsp3) is 0.696. The van der Waals surface area contributed by atoms with E-state index in [2.05, 4.69) is 48.5 Å². The van der Waals surface area contributed by atoms with E-state index in [1.807, 2.05) is 18.2 Å². The third kappa shape index (κ3) is 24.7. The molecule has 1 aromatic rings. The van der Waals surface area contributed by atoms with Crippen molar-refractivity contribution in [3.05, 3.63) is 23.8 Å². The van der Waals surface area contributed by atoms with E-state index in [0.717, 1.165) is 29.8 Å². The van der Waals surface area contributed by atoms with Gasteiger partial charge in [0.2, 0.25) is 0 Å². The Balaban J connectivity index is -0.000000317. The molecule has 0 unspecified atom stereocenters. The Kier molecular flexibility index (Phi) is 22.3. The lowest BCUT2D eigenvalue weighted by atomic mass is 10.1. The summed E-state index contributed by atoms with van der Waals surface area (Å²) in [6, 6.07) is 5.87. The molecule has 3 nitrogen and oxygen atoms in total. The minimum Gasteiger partial charge on any atom is -0.497 e. The highest BCUT2D eigenvalue weighted by Crippen LogP contribution is 2.24. The van der Waals surface area contributed by atoms with Crippen LogP contribution in [0.2, 0.25) is 0 Å².